The molecule has 1 aromatic carbocycles. The van der Waals surface area contributed by atoms with Crippen molar-refractivity contribution in [2.24, 2.45) is 0 Å². The molecule has 0 heterocycles. The second-order valence-corrected chi connectivity index (χ2v) is 3.63. The van der Waals surface area contributed by atoms with Gasteiger partial charge in [-0.15, -0.1) is 0 Å². The van der Waals surface area contributed by atoms with Crippen LogP contribution in [0.5, 0.6) is 0 Å². The molecule has 0 atom stereocenters. The van der Waals surface area contributed by atoms with E-state index in [1.54, 1.807) is 6.08 Å². The van der Waals surface area contributed by atoms with Gasteiger partial charge >= 0.3 is 17.9 Å². The summed E-state index contributed by atoms with van der Waals surface area (Å²) in [7, 11) is 0. The van der Waals surface area contributed by atoms with Crippen LogP contribution < -0.4 is 0 Å². The Hall–Kier alpha value is -2.63. The van der Waals surface area contributed by atoms with Gasteiger partial charge < -0.3 is 15.3 Å². The summed E-state index contributed by atoms with van der Waals surface area (Å²) in [6.45, 7) is 1.97. The third-order valence-electron chi connectivity index (χ3n) is 2.08. The van der Waals surface area contributed by atoms with Crippen molar-refractivity contribution in [3.8, 4) is 0 Å². The van der Waals surface area contributed by atoms with Gasteiger partial charge in [-0.25, -0.2) is 9.59 Å². The highest BCUT2D eigenvalue weighted by Crippen LogP contribution is 2.07. The fraction of sp³-hybridized carbons (Fsp3) is 0.214. The first-order valence-corrected chi connectivity index (χ1v) is 5.82. The number of carboxylic acid groups (broad SMARTS) is 3. The fourth-order valence-electron chi connectivity index (χ4n) is 1.21. The van der Waals surface area contributed by atoms with Crippen molar-refractivity contribution in [1.82, 2.24) is 0 Å². The zero-order valence-electron chi connectivity index (χ0n) is 10.9. The van der Waals surface area contributed by atoms with E-state index in [2.05, 4.69) is 0 Å². The average molecular weight is 280 g/mol. The third-order valence-corrected chi connectivity index (χ3v) is 2.08. The Kier molecular flexibility index (Phi) is 8.09. The number of hydrogen-bond acceptors (Lipinski definition) is 3. The van der Waals surface area contributed by atoms with E-state index in [-0.39, 0.29) is 17.5 Å². The second kappa shape index (κ2) is 9.32. The van der Waals surface area contributed by atoms with Crippen LogP contribution in [0.3, 0.4) is 0 Å². The van der Waals surface area contributed by atoms with E-state index in [1.807, 2.05) is 13.0 Å². The maximum atomic E-state index is 10.5. The molecule has 20 heavy (non-hydrogen) atoms. The monoisotopic (exact) mass is 280 g/mol. The summed E-state index contributed by atoms with van der Waals surface area (Å²) < 4.78 is 0. The van der Waals surface area contributed by atoms with E-state index in [4.69, 9.17) is 15.3 Å². The smallest absolute Gasteiger partial charge is 0.336 e. The summed E-state index contributed by atoms with van der Waals surface area (Å²) in [6.07, 6.45) is 4.55. The molecule has 1 aromatic rings. The predicted octanol–water partition coefficient (Wildman–Crippen LogP) is 2.51. The van der Waals surface area contributed by atoms with Crippen LogP contribution in [0.2, 0.25) is 0 Å². The number of carboxylic acids is 3. The molecule has 0 aromatic heterocycles. The lowest BCUT2D eigenvalue weighted by Crippen LogP contribution is -2.06. The number of aromatic carboxylic acids is 2. The van der Waals surface area contributed by atoms with Crippen LogP contribution in [0, 0.1) is 0 Å². The Morgan fingerprint density at radius 1 is 0.950 bits per heavy atom. The fourth-order valence-corrected chi connectivity index (χ4v) is 1.21. The normalized spacial score (nSPS) is 9.65. The minimum Gasteiger partial charge on any atom is -0.481 e. The molecule has 0 aliphatic rings. The summed E-state index contributed by atoms with van der Waals surface area (Å²) in [6, 6.07) is 5.48. The first-order valence-electron chi connectivity index (χ1n) is 5.82. The van der Waals surface area contributed by atoms with Crippen LogP contribution in [0.25, 0.3) is 0 Å². The number of rotatable bonds is 5. The number of benzene rings is 1. The standard InChI is InChI=1S/C8H6O4.C6H10O2/c9-7(10)5-3-1-2-4-6(5)8(11)12;1-2-3-4-5-6(7)8/h1-4H,(H,9,10)(H,11,12);3-4H,2,5H2,1H3,(H,7,8). The molecule has 0 aliphatic carbocycles. The summed E-state index contributed by atoms with van der Waals surface area (Å²) in [4.78, 5) is 30.7. The molecule has 0 radical (unpaired) electrons. The molecule has 6 nitrogen and oxygen atoms in total. The Morgan fingerprint density at radius 2 is 1.40 bits per heavy atom. The molecule has 0 amide bonds. The number of carbonyl (C=O) groups is 3. The third kappa shape index (κ3) is 6.95. The van der Waals surface area contributed by atoms with Crippen molar-refractivity contribution in [3.05, 3.63) is 47.5 Å². The number of hydrogen-bond donors (Lipinski definition) is 3. The van der Waals surface area contributed by atoms with Gasteiger partial charge in [0.2, 0.25) is 0 Å². The highest BCUT2D eigenvalue weighted by molar-refractivity contribution is 6.01. The highest BCUT2D eigenvalue weighted by Gasteiger charge is 2.13. The molecule has 0 unspecified atom stereocenters. The zero-order valence-corrected chi connectivity index (χ0v) is 10.9. The Bertz CT molecular complexity index is 471. The van der Waals surface area contributed by atoms with E-state index in [9.17, 15) is 14.4 Å². The molecule has 0 fully saturated rings. The van der Waals surface area contributed by atoms with Crippen LogP contribution >= 0.6 is 0 Å². The van der Waals surface area contributed by atoms with E-state index >= 15 is 0 Å². The van der Waals surface area contributed by atoms with Gasteiger partial charge in [-0.2, -0.15) is 0 Å². The van der Waals surface area contributed by atoms with Crippen LogP contribution in [-0.4, -0.2) is 33.2 Å². The maximum absolute atomic E-state index is 10.5. The van der Waals surface area contributed by atoms with Gasteiger partial charge in [0, 0.05) is 0 Å². The number of aliphatic carboxylic acids is 1. The Labute approximate surface area is 116 Å². The van der Waals surface area contributed by atoms with Crippen molar-refractivity contribution in [2.75, 3.05) is 0 Å². The maximum Gasteiger partial charge on any atom is 0.336 e. The molecular weight excluding hydrogens is 264 g/mol. The van der Waals surface area contributed by atoms with Gasteiger partial charge in [-0.3, -0.25) is 4.79 Å². The molecule has 0 saturated heterocycles. The quantitative estimate of drug-likeness (QED) is 0.714. The lowest BCUT2D eigenvalue weighted by atomic mass is 10.1. The lowest BCUT2D eigenvalue weighted by molar-refractivity contribution is -0.136. The molecule has 0 bridgehead atoms. The van der Waals surface area contributed by atoms with Gasteiger partial charge in [0.25, 0.3) is 0 Å². The number of allylic oxidation sites excluding steroid dienone is 1. The predicted molar refractivity (Wildman–Crippen MR) is 72.0 cm³/mol. The van der Waals surface area contributed by atoms with Gasteiger partial charge in [0.1, 0.15) is 0 Å². The highest BCUT2D eigenvalue weighted by atomic mass is 16.4. The van der Waals surface area contributed by atoms with Gasteiger partial charge in [-0.1, -0.05) is 31.2 Å². The van der Waals surface area contributed by atoms with Crippen LogP contribution in [0.15, 0.2) is 36.4 Å². The van der Waals surface area contributed by atoms with E-state index in [1.165, 1.54) is 24.3 Å². The minimum absolute atomic E-state index is 0.147. The van der Waals surface area contributed by atoms with E-state index in [0.717, 1.165) is 6.42 Å². The molecular formula is C14H16O6. The molecule has 0 aliphatic heterocycles. The molecule has 0 saturated carbocycles. The zero-order chi connectivity index (χ0) is 15.5. The van der Waals surface area contributed by atoms with Crippen molar-refractivity contribution in [1.29, 1.82) is 0 Å². The van der Waals surface area contributed by atoms with Crippen LogP contribution in [0.1, 0.15) is 40.5 Å². The SMILES string of the molecule is CCC=CCC(=O)O.O=C(O)c1ccccc1C(=O)O. The Balaban J connectivity index is 0.000000396. The summed E-state index contributed by atoms with van der Waals surface area (Å²) in [5, 5.41) is 25.2. The van der Waals surface area contributed by atoms with Gasteiger partial charge in [0.05, 0.1) is 17.5 Å². The largest absolute Gasteiger partial charge is 0.481 e. The van der Waals surface area contributed by atoms with Gasteiger partial charge in [-0.05, 0) is 18.6 Å². The van der Waals surface area contributed by atoms with Crippen molar-refractivity contribution >= 4 is 17.9 Å². The molecule has 0 spiro atoms. The van der Waals surface area contributed by atoms with Crippen LogP contribution in [-0.2, 0) is 4.79 Å². The summed E-state index contributed by atoms with van der Waals surface area (Å²) in [5.41, 5.74) is -0.380. The van der Waals surface area contributed by atoms with Crippen molar-refractivity contribution < 1.29 is 29.7 Å². The first-order chi connectivity index (χ1) is 9.40. The summed E-state index contributed by atoms with van der Waals surface area (Å²) >= 11 is 0. The minimum atomic E-state index is -1.23. The van der Waals surface area contributed by atoms with Crippen LogP contribution in [0.4, 0.5) is 0 Å². The average Bonchev–Trinajstić information content (AvgIpc) is 2.39. The van der Waals surface area contributed by atoms with Crippen molar-refractivity contribution in [3.63, 3.8) is 0 Å². The topological polar surface area (TPSA) is 112 Å². The van der Waals surface area contributed by atoms with Gasteiger partial charge in [0.15, 0.2) is 0 Å². The Morgan fingerprint density at radius 3 is 1.70 bits per heavy atom. The van der Waals surface area contributed by atoms with E-state index < -0.39 is 17.9 Å². The molecule has 6 heteroatoms. The first kappa shape index (κ1) is 17.4. The van der Waals surface area contributed by atoms with Crippen molar-refractivity contribution in [2.45, 2.75) is 19.8 Å². The second-order valence-electron chi connectivity index (χ2n) is 3.63. The molecule has 1 rings (SSSR count). The van der Waals surface area contributed by atoms with E-state index in [0.29, 0.717) is 0 Å². The molecule has 3 N–H and O–H groups in total. The lowest BCUT2D eigenvalue weighted by Gasteiger charge is -1.98. The molecule has 108 valence electrons. The summed E-state index contributed by atoms with van der Waals surface area (Å²) in [5.74, 6) is -3.23.